The second-order valence-corrected chi connectivity index (χ2v) is 5.19. The van der Waals surface area contributed by atoms with Gasteiger partial charge in [0, 0.05) is 19.7 Å². The largest absolute Gasteiger partial charge is 0.419 e. The monoisotopic (exact) mass is 332 g/mol. The summed E-state index contributed by atoms with van der Waals surface area (Å²) in [4.78, 5) is 17.5. The van der Waals surface area contributed by atoms with E-state index in [0.717, 1.165) is 5.56 Å². The molecule has 1 aromatic carbocycles. The molecule has 0 fully saturated rings. The van der Waals surface area contributed by atoms with Crippen molar-refractivity contribution in [2.75, 3.05) is 7.05 Å². The van der Waals surface area contributed by atoms with Gasteiger partial charge in [-0.1, -0.05) is 18.2 Å². The van der Waals surface area contributed by atoms with Crippen molar-refractivity contribution in [3.63, 3.8) is 0 Å². The molecule has 8 nitrogen and oxygen atoms in total. The molecule has 0 N–H and O–H groups in total. The van der Waals surface area contributed by atoms with E-state index in [1.54, 1.807) is 14.1 Å². The zero-order chi connectivity index (χ0) is 16.4. The minimum Gasteiger partial charge on any atom is -0.419 e. The summed E-state index contributed by atoms with van der Waals surface area (Å²) in [6.45, 7) is 0.147. The van der Waals surface area contributed by atoms with Crippen LogP contribution in [0.4, 0.5) is 0 Å². The van der Waals surface area contributed by atoms with Crippen molar-refractivity contribution in [3.05, 3.63) is 47.3 Å². The summed E-state index contributed by atoms with van der Waals surface area (Å²) in [5.74, 6) is 0.358. The Bertz CT molecular complexity index is 809. The molecule has 9 heteroatoms. The fraction of sp³-hybridized carbons (Fsp3) is 0.214. The molecule has 0 aliphatic rings. The highest BCUT2D eigenvalue weighted by atomic mass is 35.5. The van der Waals surface area contributed by atoms with Gasteiger partial charge in [0.25, 0.3) is 5.91 Å². The Labute approximate surface area is 136 Å². The molecule has 2 aromatic heterocycles. The maximum atomic E-state index is 12.2. The highest BCUT2D eigenvalue weighted by Gasteiger charge is 2.20. The average molecular weight is 333 g/mol. The van der Waals surface area contributed by atoms with E-state index in [0.29, 0.717) is 11.8 Å². The molecule has 0 aliphatic heterocycles. The molecule has 118 valence electrons. The van der Waals surface area contributed by atoms with Crippen molar-refractivity contribution in [3.8, 4) is 11.5 Å². The summed E-state index contributed by atoms with van der Waals surface area (Å²) in [6.07, 6.45) is 0. The molecule has 1 amide bonds. The highest BCUT2D eigenvalue weighted by molar-refractivity contribution is 6.28. The molecule has 0 aliphatic carbocycles. The van der Waals surface area contributed by atoms with Gasteiger partial charge in [0.05, 0.1) is 6.54 Å². The van der Waals surface area contributed by atoms with Crippen LogP contribution in [-0.2, 0) is 13.6 Å². The number of aromatic nitrogens is 5. The van der Waals surface area contributed by atoms with Crippen LogP contribution in [0.25, 0.3) is 11.5 Å². The lowest BCUT2D eigenvalue weighted by Crippen LogP contribution is -2.27. The van der Waals surface area contributed by atoms with E-state index in [1.807, 2.05) is 30.3 Å². The van der Waals surface area contributed by atoms with Crippen molar-refractivity contribution < 1.29 is 9.21 Å². The molecule has 0 unspecified atom stereocenters. The minimum absolute atomic E-state index is 0.0165. The third kappa shape index (κ3) is 3.21. The molecular weight excluding hydrogens is 320 g/mol. The van der Waals surface area contributed by atoms with Crippen LogP contribution >= 0.6 is 11.6 Å². The smallest absolute Gasteiger partial charge is 0.293 e. The third-order valence-electron chi connectivity index (χ3n) is 3.11. The molecule has 0 radical (unpaired) electrons. The van der Waals surface area contributed by atoms with Gasteiger partial charge in [0.2, 0.25) is 22.9 Å². The van der Waals surface area contributed by atoms with E-state index < -0.39 is 0 Å². The average Bonchev–Trinajstić information content (AvgIpc) is 3.15. The van der Waals surface area contributed by atoms with Crippen LogP contribution in [0.15, 0.2) is 34.7 Å². The van der Waals surface area contributed by atoms with Gasteiger partial charge in [0.1, 0.15) is 0 Å². The van der Waals surface area contributed by atoms with Gasteiger partial charge in [0.15, 0.2) is 0 Å². The summed E-state index contributed by atoms with van der Waals surface area (Å²) in [5, 5.41) is 12.0. The van der Waals surface area contributed by atoms with Crippen LogP contribution in [0, 0.1) is 0 Å². The molecular formula is C14H13ClN6O2. The summed E-state index contributed by atoms with van der Waals surface area (Å²) >= 11 is 5.79. The van der Waals surface area contributed by atoms with Crippen LogP contribution in [0.1, 0.15) is 16.5 Å². The summed E-state index contributed by atoms with van der Waals surface area (Å²) in [6, 6.07) is 9.40. The van der Waals surface area contributed by atoms with Crippen molar-refractivity contribution >= 4 is 17.5 Å². The highest BCUT2D eigenvalue weighted by Crippen LogP contribution is 2.17. The molecule has 0 saturated heterocycles. The zero-order valence-electron chi connectivity index (χ0n) is 12.5. The number of carbonyl (C=O) groups excluding carboxylic acids is 1. The lowest BCUT2D eigenvalue weighted by molar-refractivity contribution is 0.0761. The van der Waals surface area contributed by atoms with Gasteiger partial charge in [-0.3, -0.25) is 4.79 Å². The molecule has 0 atom stereocenters. The van der Waals surface area contributed by atoms with Crippen LogP contribution < -0.4 is 0 Å². The maximum Gasteiger partial charge on any atom is 0.293 e. The standard InChI is InChI=1S/C14H13ClN6O2/c1-20(13(22)11-16-14(15)21(2)19-11)8-10-17-18-12(23-10)9-6-4-3-5-7-9/h3-7H,8H2,1-2H3. The van der Waals surface area contributed by atoms with Crippen LogP contribution in [0.5, 0.6) is 0 Å². The first-order valence-corrected chi connectivity index (χ1v) is 7.12. The van der Waals surface area contributed by atoms with Crippen molar-refractivity contribution in [1.82, 2.24) is 29.9 Å². The Balaban J connectivity index is 1.72. The van der Waals surface area contributed by atoms with Crippen LogP contribution in [0.3, 0.4) is 0 Å². The SMILES string of the molecule is CN(Cc1nnc(-c2ccccc2)o1)C(=O)c1nc(Cl)n(C)n1. The van der Waals surface area contributed by atoms with Gasteiger partial charge in [-0.2, -0.15) is 4.98 Å². The molecule has 2 heterocycles. The van der Waals surface area contributed by atoms with Crippen molar-refractivity contribution in [2.45, 2.75) is 6.54 Å². The van der Waals surface area contributed by atoms with Gasteiger partial charge in [-0.25, -0.2) is 4.68 Å². The molecule has 23 heavy (non-hydrogen) atoms. The Hall–Kier alpha value is -2.74. The van der Waals surface area contributed by atoms with Gasteiger partial charge >= 0.3 is 0 Å². The number of halogens is 1. The summed E-state index contributed by atoms with van der Waals surface area (Å²) in [5.41, 5.74) is 0.818. The second-order valence-electron chi connectivity index (χ2n) is 4.86. The molecule has 3 rings (SSSR count). The number of nitrogens with zero attached hydrogens (tertiary/aromatic N) is 6. The van der Waals surface area contributed by atoms with Crippen molar-refractivity contribution in [2.24, 2.45) is 7.05 Å². The van der Waals surface area contributed by atoms with Gasteiger partial charge in [-0.15, -0.1) is 15.3 Å². The first-order chi connectivity index (χ1) is 11.0. The molecule has 0 saturated carbocycles. The topological polar surface area (TPSA) is 89.9 Å². The number of aryl methyl sites for hydroxylation is 1. The van der Waals surface area contributed by atoms with Crippen LogP contribution in [0.2, 0.25) is 5.28 Å². The maximum absolute atomic E-state index is 12.2. The number of hydrogen-bond donors (Lipinski definition) is 0. The lowest BCUT2D eigenvalue weighted by Gasteiger charge is -2.11. The Morgan fingerprint density at radius 1 is 1.30 bits per heavy atom. The number of benzene rings is 1. The van der Waals surface area contributed by atoms with E-state index in [2.05, 4.69) is 20.3 Å². The number of rotatable bonds is 4. The summed E-state index contributed by atoms with van der Waals surface area (Å²) < 4.78 is 6.89. The van der Waals surface area contributed by atoms with E-state index in [1.165, 1.54) is 9.58 Å². The fourth-order valence-electron chi connectivity index (χ4n) is 1.92. The van der Waals surface area contributed by atoms with Gasteiger partial charge in [-0.05, 0) is 23.7 Å². The number of amides is 1. The molecule has 0 bridgehead atoms. The fourth-order valence-corrected chi connectivity index (χ4v) is 2.03. The predicted octanol–water partition coefficient (Wildman–Crippen LogP) is 1.79. The number of hydrogen-bond acceptors (Lipinski definition) is 6. The number of carbonyl (C=O) groups is 1. The van der Waals surface area contributed by atoms with Gasteiger partial charge < -0.3 is 9.32 Å². The molecule has 3 aromatic rings. The predicted molar refractivity (Wildman–Crippen MR) is 81.5 cm³/mol. The first kappa shape index (κ1) is 15.2. The Morgan fingerprint density at radius 3 is 2.70 bits per heavy atom. The van der Waals surface area contributed by atoms with Crippen molar-refractivity contribution in [1.29, 1.82) is 0 Å². The quantitative estimate of drug-likeness (QED) is 0.723. The van der Waals surface area contributed by atoms with E-state index in [4.69, 9.17) is 16.0 Å². The Morgan fingerprint density at radius 2 is 2.04 bits per heavy atom. The van der Waals surface area contributed by atoms with E-state index in [9.17, 15) is 4.79 Å². The van der Waals surface area contributed by atoms with Crippen LogP contribution in [-0.4, -0.2) is 42.8 Å². The first-order valence-electron chi connectivity index (χ1n) is 6.74. The lowest BCUT2D eigenvalue weighted by atomic mass is 10.2. The van der Waals surface area contributed by atoms with E-state index in [-0.39, 0.29) is 23.6 Å². The second kappa shape index (κ2) is 6.17. The zero-order valence-corrected chi connectivity index (χ0v) is 13.2. The van der Waals surface area contributed by atoms with E-state index >= 15 is 0 Å². The normalized spacial score (nSPS) is 10.7. The molecule has 0 spiro atoms. The summed E-state index contributed by atoms with van der Waals surface area (Å²) in [7, 11) is 3.20. The Kier molecular flexibility index (Phi) is 4.07. The third-order valence-corrected chi connectivity index (χ3v) is 3.44. The minimum atomic E-state index is -0.382.